The van der Waals surface area contributed by atoms with Gasteiger partial charge in [0.25, 0.3) is 0 Å². The van der Waals surface area contributed by atoms with Crippen molar-refractivity contribution in [3.05, 3.63) is 124 Å². The predicted molar refractivity (Wildman–Crippen MR) is 211 cm³/mol. The quantitative estimate of drug-likeness (QED) is 0.0523. The molecule has 7 heteroatoms. The molecule has 0 spiro atoms. The Balaban J connectivity index is 1.08. The molecule has 4 aromatic rings. The molecule has 6 nitrogen and oxygen atoms in total. The van der Waals surface area contributed by atoms with Crippen LogP contribution in [0.25, 0.3) is 16.7 Å². The Bertz CT molecular complexity index is 1940. The lowest BCUT2D eigenvalue weighted by atomic mass is 9.77. The third kappa shape index (κ3) is 11.2. The van der Waals surface area contributed by atoms with E-state index in [1.165, 1.54) is 94.4 Å². The molecule has 53 heavy (non-hydrogen) atoms. The Hall–Kier alpha value is -5.17. The maximum atomic E-state index is 12.9. The van der Waals surface area contributed by atoms with Crippen LogP contribution in [0.15, 0.2) is 96.6 Å². The fraction of sp³-hybridized carbons (Fsp3) is 0.348. The smallest absolute Gasteiger partial charge is 0.345 e. The fourth-order valence-corrected chi connectivity index (χ4v) is 7.29. The number of aryl methyl sites for hydroxylation is 1. The van der Waals surface area contributed by atoms with Crippen LogP contribution in [0.1, 0.15) is 116 Å². The van der Waals surface area contributed by atoms with E-state index in [2.05, 4.69) is 31.2 Å². The van der Waals surface area contributed by atoms with Gasteiger partial charge in [0.05, 0.1) is 16.1 Å². The number of esters is 2. The molecule has 272 valence electrons. The van der Waals surface area contributed by atoms with E-state index < -0.39 is 11.9 Å². The third-order valence-electron chi connectivity index (χ3n) is 10.4. The number of benzene rings is 4. The molecule has 0 saturated heterocycles. The number of halogens is 1. The molecule has 5 rings (SSSR count). The summed E-state index contributed by atoms with van der Waals surface area (Å²) in [6, 6.07) is 30.6. The van der Waals surface area contributed by atoms with Crippen molar-refractivity contribution in [3.63, 3.8) is 0 Å². The first-order valence-electron chi connectivity index (χ1n) is 18.8. The van der Waals surface area contributed by atoms with Gasteiger partial charge in [0, 0.05) is 6.07 Å². The first kappa shape index (κ1) is 39.0. The summed E-state index contributed by atoms with van der Waals surface area (Å²) in [5.41, 5.74) is 5.17. The highest BCUT2D eigenvalue weighted by atomic mass is 35.5. The topological polar surface area (TPSA) is 100 Å². The van der Waals surface area contributed by atoms with Crippen LogP contribution in [0.3, 0.4) is 0 Å². The highest BCUT2D eigenvalue weighted by Crippen LogP contribution is 2.35. The van der Waals surface area contributed by atoms with Crippen molar-refractivity contribution in [1.29, 1.82) is 10.5 Å². The number of ether oxygens (including phenoxy) is 2. The van der Waals surface area contributed by atoms with Crippen LogP contribution in [-0.4, -0.2) is 11.9 Å². The number of carbonyl (C=O) groups excluding carboxylic acids is 2. The second-order valence-corrected chi connectivity index (χ2v) is 14.5. The average Bonchev–Trinajstić information content (AvgIpc) is 3.18. The highest BCUT2D eigenvalue weighted by Gasteiger charge is 2.21. The zero-order chi connectivity index (χ0) is 37.6. The summed E-state index contributed by atoms with van der Waals surface area (Å²) < 4.78 is 11.0. The number of carbonyl (C=O) groups is 2. The molecule has 0 aromatic heterocycles. The first-order valence-corrected chi connectivity index (χ1v) is 19.2. The monoisotopic (exact) mass is 726 g/mol. The Morgan fingerprint density at radius 2 is 1.23 bits per heavy atom. The number of nitrogens with zero attached hydrogens (tertiary/aromatic N) is 2. The number of allylic oxidation sites excluding steroid dienone is 2. The molecule has 1 aliphatic carbocycles. The summed E-state index contributed by atoms with van der Waals surface area (Å²) in [7, 11) is 0. The van der Waals surface area contributed by atoms with Gasteiger partial charge in [-0.15, -0.1) is 0 Å². The molecule has 0 heterocycles. The van der Waals surface area contributed by atoms with E-state index in [4.69, 9.17) is 31.6 Å². The highest BCUT2D eigenvalue weighted by molar-refractivity contribution is 6.33. The van der Waals surface area contributed by atoms with Gasteiger partial charge in [-0.25, -0.2) is 9.59 Å². The minimum absolute atomic E-state index is 0.00998. The molecule has 0 radical (unpaired) electrons. The lowest BCUT2D eigenvalue weighted by molar-refractivity contribution is 0.0730. The molecule has 1 fully saturated rings. The van der Waals surface area contributed by atoms with Crippen molar-refractivity contribution >= 4 is 29.1 Å². The van der Waals surface area contributed by atoms with Crippen molar-refractivity contribution in [2.45, 2.75) is 90.9 Å². The number of nitriles is 2. The SMILES string of the molecule is CCCCCCCC1CCC(CCc2ccc(-c3ccc(C(=O)Oc4ccc(C(=O)Oc5ccc(C(C)=C(C#N)C#N)cc5)c(Cl)c4)cc3)cc2)CC1. The largest absolute Gasteiger partial charge is 0.423 e. The molecule has 1 aliphatic rings. The van der Waals surface area contributed by atoms with Gasteiger partial charge >= 0.3 is 11.9 Å². The van der Waals surface area contributed by atoms with Gasteiger partial charge in [0.2, 0.25) is 0 Å². The molecule has 0 bridgehead atoms. The maximum Gasteiger partial charge on any atom is 0.345 e. The second-order valence-electron chi connectivity index (χ2n) is 14.1. The molecule has 0 aliphatic heterocycles. The Kier molecular flexibility index (Phi) is 14.4. The van der Waals surface area contributed by atoms with Gasteiger partial charge in [-0.2, -0.15) is 10.5 Å². The molecule has 0 amide bonds. The Morgan fingerprint density at radius 1 is 0.679 bits per heavy atom. The van der Waals surface area contributed by atoms with Crippen molar-refractivity contribution in [1.82, 2.24) is 0 Å². The molecule has 1 saturated carbocycles. The average molecular weight is 727 g/mol. The molecular formula is C46H47ClN2O4. The van der Waals surface area contributed by atoms with E-state index in [0.717, 1.165) is 29.4 Å². The number of hydrogen-bond acceptors (Lipinski definition) is 6. The Labute approximate surface area is 319 Å². The summed E-state index contributed by atoms with van der Waals surface area (Å²) in [4.78, 5) is 25.8. The zero-order valence-electron chi connectivity index (χ0n) is 30.7. The summed E-state index contributed by atoms with van der Waals surface area (Å²) in [5.74, 6) is 1.03. The van der Waals surface area contributed by atoms with Crippen molar-refractivity contribution in [3.8, 4) is 34.8 Å². The van der Waals surface area contributed by atoms with E-state index in [1.54, 1.807) is 43.3 Å². The van der Waals surface area contributed by atoms with E-state index in [9.17, 15) is 9.59 Å². The summed E-state index contributed by atoms with van der Waals surface area (Å²) in [6.07, 6.45) is 16.3. The molecule has 0 atom stereocenters. The number of unbranched alkanes of at least 4 members (excludes halogenated alkanes) is 4. The van der Waals surface area contributed by atoms with Crippen LogP contribution in [0.2, 0.25) is 5.02 Å². The summed E-state index contributed by atoms with van der Waals surface area (Å²) in [6.45, 7) is 3.95. The fourth-order valence-electron chi connectivity index (χ4n) is 7.04. The van der Waals surface area contributed by atoms with Gasteiger partial charge in [0.15, 0.2) is 0 Å². The number of hydrogen-bond donors (Lipinski definition) is 0. The lowest BCUT2D eigenvalue weighted by Crippen LogP contribution is -2.15. The first-order chi connectivity index (χ1) is 25.8. The molecule has 4 aromatic carbocycles. The summed E-state index contributed by atoms with van der Waals surface area (Å²) >= 11 is 6.39. The van der Waals surface area contributed by atoms with Gasteiger partial charge in [-0.05, 0) is 95.8 Å². The van der Waals surface area contributed by atoms with Crippen LogP contribution in [0.4, 0.5) is 0 Å². The van der Waals surface area contributed by atoms with Crippen LogP contribution in [0, 0.1) is 34.5 Å². The van der Waals surface area contributed by atoms with E-state index in [0.29, 0.717) is 16.7 Å². The van der Waals surface area contributed by atoms with Crippen LogP contribution in [0.5, 0.6) is 11.5 Å². The van der Waals surface area contributed by atoms with Gasteiger partial charge in [-0.3, -0.25) is 0 Å². The van der Waals surface area contributed by atoms with Crippen LogP contribution >= 0.6 is 11.6 Å². The molecular weight excluding hydrogens is 680 g/mol. The number of rotatable bonds is 15. The Morgan fingerprint density at radius 3 is 1.83 bits per heavy atom. The van der Waals surface area contributed by atoms with Gasteiger partial charge in [0.1, 0.15) is 29.2 Å². The molecule has 0 unspecified atom stereocenters. The van der Waals surface area contributed by atoms with Crippen molar-refractivity contribution < 1.29 is 19.1 Å². The van der Waals surface area contributed by atoms with Crippen LogP contribution < -0.4 is 9.47 Å². The maximum absolute atomic E-state index is 12.9. The molecule has 0 N–H and O–H groups in total. The van der Waals surface area contributed by atoms with E-state index >= 15 is 0 Å². The van der Waals surface area contributed by atoms with E-state index in [1.807, 2.05) is 24.3 Å². The van der Waals surface area contributed by atoms with Crippen molar-refractivity contribution in [2.24, 2.45) is 11.8 Å². The summed E-state index contributed by atoms with van der Waals surface area (Å²) in [5, 5.41) is 18.3. The van der Waals surface area contributed by atoms with Crippen LogP contribution in [-0.2, 0) is 6.42 Å². The predicted octanol–water partition coefficient (Wildman–Crippen LogP) is 12.4. The van der Waals surface area contributed by atoms with Gasteiger partial charge in [-0.1, -0.05) is 131 Å². The zero-order valence-corrected chi connectivity index (χ0v) is 31.5. The van der Waals surface area contributed by atoms with Gasteiger partial charge < -0.3 is 9.47 Å². The lowest BCUT2D eigenvalue weighted by Gasteiger charge is -2.28. The minimum Gasteiger partial charge on any atom is -0.423 e. The minimum atomic E-state index is -0.688. The van der Waals surface area contributed by atoms with Crippen molar-refractivity contribution in [2.75, 3.05) is 0 Å². The van der Waals surface area contributed by atoms with E-state index in [-0.39, 0.29) is 27.7 Å². The normalized spacial score (nSPS) is 15.1. The third-order valence-corrected chi connectivity index (χ3v) is 10.7. The standard InChI is InChI=1S/C46H47ClN2O4/c1-3-4-5-6-7-8-33-9-11-34(12-10-33)13-14-35-15-17-37(18-16-35)38-19-21-39(22-20-38)45(50)53-42-27-28-43(44(47)29-42)46(51)52-41-25-23-36(24-26-41)32(2)40(30-48)31-49/h15-29,33-34H,3-14H2,1-2H3. The second kappa shape index (κ2) is 19.6.